The Labute approximate surface area is 152 Å². The molecule has 0 unspecified atom stereocenters. The van der Waals surface area contributed by atoms with Gasteiger partial charge in [-0.15, -0.1) is 0 Å². The zero-order valence-corrected chi connectivity index (χ0v) is 15.1. The minimum Gasteiger partial charge on any atom is -0.462 e. The number of carbonyl (C=O) groups is 2. The molecule has 8 heteroatoms. The Kier molecular flexibility index (Phi) is 6.88. The van der Waals surface area contributed by atoms with Crippen LogP contribution in [-0.2, 0) is 26.1 Å². The number of nitrogens with one attached hydrogen (secondary N) is 2. The lowest BCUT2D eigenvalue weighted by Crippen LogP contribution is -2.36. The van der Waals surface area contributed by atoms with Gasteiger partial charge in [-0.3, -0.25) is 4.79 Å². The van der Waals surface area contributed by atoms with Crippen LogP contribution < -0.4 is 10.0 Å². The average molecular weight is 376 g/mol. The Morgan fingerprint density at radius 1 is 1.00 bits per heavy atom. The van der Waals surface area contributed by atoms with Gasteiger partial charge in [0.2, 0.25) is 15.9 Å². The lowest BCUT2D eigenvalue weighted by molar-refractivity contribution is -0.120. The predicted octanol–water partition coefficient (Wildman–Crippen LogP) is 1.46. The van der Waals surface area contributed by atoms with E-state index in [1.165, 1.54) is 24.3 Å². The summed E-state index contributed by atoms with van der Waals surface area (Å²) in [5, 5.41) is 2.63. The summed E-state index contributed by atoms with van der Waals surface area (Å²) in [6.07, 6.45) is 0. The third-order valence-corrected chi connectivity index (χ3v) is 4.85. The molecule has 0 aliphatic carbocycles. The molecule has 0 saturated carbocycles. The number of hydrogen-bond acceptors (Lipinski definition) is 5. The van der Waals surface area contributed by atoms with Crippen molar-refractivity contribution in [1.29, 1.82) is 0 Å². The molecular formula is C18H20N2O5S. The van der Waals surface area contributed by atoms with Crippen LogP contribution in [0.4, 0.5) is 0 Å². The van der Waals surface area contributed by atoms with Gasteiger partial charge in [0, 0.05) is 6.54 Å². The molecule has 0 aliphatic heterocycles. The van der Waals surface area contributed by atoms with Crippen molar-refractivity contribution in [2.45, 2.75) is 18.4 Å². The van der Waals surface area contributed by atoms with Crippen molar-refractivity contribution in [3.8, 4) is 0 Å². The monoisotopic (exact) mass is 376 g/mol. The lowest BCUT2D eigenvalue weighted by atomic mass is 10.2. The minimum atomic E-state index is -3.86. The number of hydrogen-bond donors (Lipinski definition) is 2. The number of benzene rings is 2. The fraction of sp³-hybridized carbons (Fsp3) is 0.222. The predicted molar refractivity (Wildman–Crippen MR) is 95.9 cm³/mol. The van der Waals surface area contributed by atoms with E-state index >= 15 is 0 Å². The second-order valence-corrected chi connectivity index (χ2v) is 7.10. The van der Waals surface area contributed by atoms with Crippen molar-refractivity contribution < 1.29 is 22.7 Å². The topological polar surface area (TPSA) is 102 Å². The summed E-state index contributed by atoms with van der Waals surface area (Å²) in [4.78, 5) is 23.3. The van der Waals surface area contributed by atoms with Crippen molar-refractivity contribution in [3.05, 3.63) is 65.7 Å². The van der Waals surface area contributed by atoms with E-state index in [1.54, 1.807) is 6.92 Å². The Morgan fingerprint density at radius 3 is 2.27 bits per heavy atom. The molecular weight excluding hydrogens is 356 g/mol. The molecule has 2 aromatic rings. The normalized spacial score (nSPS) is 11.0. The molecule has 0 saturated heterocycles. The van der Waals surface area contributed by atoms with Crippen LogP contribution in [-0.4, -0.2) is 33.4 Å². The van der Waals surface area contributed by atoms with Gasteiger partial charge < -0.3 is 10.1 Å². The molecule has 26 heavy (non-hydrogen) atoms. The van der Waals surface area contributed by atoms with Gasteiger partial charge in [0.1, 0.15) is 0 Å². The summed E-state index contributed by atoms with van der Waals surface area (Å²) in [6, 6.07) is 14.6. The first-order valence-corrected chi connectivity index (χ1v) is 9.48. The van der Waals surface area contributed by atoms with E-state index in [4.69, 9.17) is 4.74 Å². The molecule has 2 aromatic carbocycles. The molecule has 0 aromatic heterocycles. The maximum absolute atomic E-state index is 12.2. The van der Waals surface area contributed by atoms with E-state index in [1.807, 2.05) is 30.3 Å². The van der Waals surface area contributed by atoms with Crippen LogP contribution in [0.2, 0.25) is 0 Å². The van der Waals surface area contributed by atoms with Crippen LogP contribution in [0.5, 0.6) is 0 Å². The average Bonchev–Trinajstić information content (AvgIpc) is 2.66. The van der Waals surface area contributed by atoms with Gasteiger partial charge >= 0.3 is 5.97 Å². The van der Waals surface area contributed by atoms with Gasteiger partial charge in [-0.1, -0.05) is 30.3 Å². The van der Waals surface area contributed by atoms with Gasteiger partial charge in [-0.2, -0.15) is 0 Å². The number of amides is 1. The Balaban J connectivity index is 1.89. The second-order valence-electron chi connectivity index (χ2n) is 5.33. The third-order valence-electron chi connectivity index (χ3n) is 3.43. The fourth-order valence-corrected chi connectivity index (χ4v) is 3.07. The number of sulfonamides is 1. The SMILES string of the molecule is CCOC(=O)c1ccc(S(=O)(=O)NCC(=O)NCc2ccccc2)cc1. The standard InChI is InChI=1S/C18H20N2O5S/c1-2-25-18(22)15-8-10-16(11-9-15)26(23,24)20-13-17(21)19-12-14-6-4-3-5-7-14/h3-11,20H,2,12-13H2,1H3,(H,19,21). The number of rotatable bonds is 8. The van der Waals surface area contributed by atoms with E-state index in [2.05, 4.69) is 10.0 Å². The molecule has 0 atom stereocenters. The maximum Gasteiger partial charge on any atom is 0.338 e. The summed E-state index contributed by atoms with van der Waals surface area (Å²) in [6.45, 7) is 1.85. The molecule has 0 spiro atoms. The Morgan fingerprint density at radius 2 is 1.65 bits per heavy atom. The van der Waals surface area contributed by atoms with Crippen LogP contribution in [0.25, 0.3) is 0 Å². The van der Waals surface area contributed by atoms with Crippen LogP contribution in [0.1, 0.15) is 22.8 Å². The Hall–Kier alpha value is -2.71. The minimum absolute atomic E-state index is 0.0404. The van der Waals surface area contributed by atoms with E-state index in [0.29, 0.717) is 6.54 Å². The number of ether oxygens (including phenoxy) is 1. The van der Waals surface area contributed by atoms with E-state index in [0.717, 1.165) is 5.56 Å². The molecule has 138 valence electrons. The van der Waals surface area contributed by atoms with Crippen LogP contribution in [0.15, 0.2) is 59.5 Å². The summed E-state index contributed by atoms with van der Waals surface area (Å²) >= 11 is 0. The van der Waals surface area contributed by atoms with Crippen molar-refractivity contribution in [3.63, 3.8) is 0 Å². The number of esters is 1. The highest BCUT2D eigenvalue weighted by Crippen LogP contribution is 2.11. The smallest absolute Gasteiger partial charge is 0.338 e. The molecule has 0 radical (unpaired) electrons. The van der Waals surface area contributed by atoms with Gasteiger partial charge in [-0.25, -0.2) is 17.9 Å². The molecule has 7 nitrogen and oxygen atoms in total. The summed E-state index contributed by atoms with van der Waals surface area (Å²) in [7, 11) is -3.86. The molecule has 0 heterocycles. The highest BCUT2D eigenvalue weighted by atomic mass is 32.2. The first-order chi connectivity index (χ1) is 12.4. The number of carbonyl (C=O) groups excluding carboxylic acids is 2. The van der Waals surface area contributed by atoms with Crippen molar-refractivity contribution in [1.82, 2.24) is 10.0 Å². The first kappa shape index (κ1) is 19.6. The first-order valence-electron chi connectivity index (χ1n) is 8.00. The zero-order chi connectivity index (χ0) is 19.0. The van der Waals surface area contributed by atoms with Gasteiger partial charge in [0.15, 0.2) is 0 Å². The quantitative estimate of drug-likeness (QED) is 0.679. The molecule has 1 amide bonds. The van der Waals surface area contributed by atoms with Crippen LogP contribution in [0.3, 0.4) is 0 Å². The van der Waals surface area contributed by atoms with Crippen LogP contribution >= 0.6 is 0 Å². The summed E-state index contributed by atoms with van der Waals surface area (Å²) in [5.74, 6) is -0.967. The fourth-order valence-electron chi connectivity index (χ4n) is 2.09. The lowest BCUT2D eigenvalue weighted by Gasteiger charge is -2.08. The van der Waals surface area contributed by atoms with Gasteiger partial charge in [0.05, 0.1) is 23.6 Å². The highest BCUT2D eigenvalue weighted by Gasteiger charge is 2.16. The van der Waals surface area contributed by atoms with E-state index in [-0.39, 0.29) is 23.6 Å². The largest absolute Gasteiger partial charge is 0.462 e. The summed E-state index contributed by atoms with van der Waals surface area (Å²) in [5.41, 5.74) is 1.17. The zero-order valence-electron chi connectivity index (χ0n) is 14.3. The van der Waals surface area contributed by atoms with Crippen LogP contribution in [0, 0.1) is 0 Å². The van der Waals surface area contributed by atoms with Crippen molar-refractivity contribution >= 4 is 21.9 Å². The van der Waals surface area contributed by atoms with E-state index < -0.39 is 21.9 Å². The molecule has 2 N–H and O–H groups in total. The molecule has 0 bridgehead atoms. The highest BCUT2D eigenvalue weighted by molar-refractivity contribution is 7.89. The van der Waals surface area contributed by atoms with Gasteiger partial charge in [0.25, 0.3) is 0 Å². The second kappa shape index (κ2) is 9.12. The molecule has 2 rings (SSSR count). The van der Waals surface area contributed by atoms with Gasteiger partial charge in [-0.05, 0) is 36.8 Å². The third kappa shape index (κ3) is 5.68. The molecule has 0 aliphatic rings. The Bertz CT molecular complexity index is 849. The maximum atomic E-state index is 12.2. The van der Waals surface area contributed by atoms with Crippen molar-refractivity contribution in [2.24, 2.45) is 0 Å². The summed E-state index contributed by atoms with van der Waals surface area (Å²) < 4.78 is 31.5. The van der Waals surface area contributed by atoms with E-state index in [9.17, 15) is 18.0 Å². The van der Waals surface area contributed by atoms with Crippen molar-refractivity contribution in [2.75, 3.05) is 13.2 Å². The molecule has 0 fully saturated rings.